The molecule has 2 N–H and O–H groups in total. The third-order valence-corrected chi connectivity index (χ3v) is 3.33. The predicted octanol–water partition coefficient (Wildman–Crippen LogP) is 1.90. The number of carboxylic acid groups (broad SMARTS) is 1. The Labute approximate surface area is 140 Å². The van der Waals surface area contributed by atoms with Crippen LogP contribution in [-0.4, -0.2) is 46.9 Å². The third-order valence-electron chi connectivity index (χ3n) is 3.33. The van der Waals surface area contributed by atoms with Gasteiger partial charge in [-0.3, -0.25) is 9.59 Å². The van der Waals surface area contributed by atoms with Crippen molar-refractivity contribution in [2.45, 2.75) is 26.1 Å². The van der Waals surface area contributed by atoms with Gasteiger partial charge >= 0.3 is 12.1 Å². The summed E-state index contributed by atoms with van der Waals surface area (Å²) in [5, 5.41) is 11.4. The lowest BCUT2D eigenvalue weighted by Gasteiger charge is -2.27. The van der Waals surface area contributed by atoms with E-state index in [0.29, 0.717) is 12.1 Å². The highest BCUT2D eigenvalue weighted by atomic mass is 19.4. The standard InChI is InChI=1S/C15H16F4N2O4/c1-8(14(24)25)21(6-5-20-9(2)22)13(23)10-3-4-12(16)11(7-10)15(17,18)19/h3-4,7-8H,5-6H2,1-2H3,(H,20,22)(H,24,25). The van der Waals surface area contributed by atoms with Gasteiger partial charge in [0.05, 0.1) is 5.56 Å². The second-order valence-corrected chi connectivity index (χ2v) is 5.19. The van der Waals surface area contributed by atoms with Crippen molar-refractivity contribution in [1.82, 2.24) is 10.2 Å². The summed E-state index contributed by atoms with van der Waals surface area (Å²) in [5.74, 6) is -4.36. The van der Waals surface area contributed by atoms with Gasteiger partial charge in [0.1, 0.15) is 11.9 Å². The van der Waals surface area contributed by atoms with E-state index in [9.17, 15) is 31.9 Å². The largest absolute Gasteiger partial charge is 0.480 e. The molecule has 1 rings (SSSR count). The molecule has 1 unspecified atom stereocenters. The molecular weight excluding hydrogens is 348 g/mol. The van der Waals surface area contributed by atoms with E-state index in [1.807, 2.05) is 0 Å². The number of alkyl halides is 3. The number of amides is 2. The molecule has 1 aromatic rings. The predicted molar refractivity (Wildman–Crippen MR) is 78.2 cm³/mol. The first-order valence-electron chi connectivity index (χ1n) is 7.10. The van der Waals surface area contributed by atoms with E-state index >= 15 is 0 Å². The Morgan fingerprint density at radius 3 is 2.36 bits per heavy atom. The average molecular weight is 364 g/mol. The summed E-state index contributed by atoms with van der Waals surface area (Å²) >= 11 is 0. The normalized spacial score (nSPS) is 12.4. The number of halogens is 4. The van der Waals surface area contributed by atoms with Crippen LogP contribution in [0, 0.1) is 5.82 Å². The molecule has 0 bridgehead atoms. The Morgan fingerprint density at radius 2 is 1.88 bits per heavy atom. The lowest BCUT2D eigenvalue weighted by molar-refractivity contribution is -0.142. The third kappa shape index (κ3) is 5.44. The fourth-order valence-electron chi connectivity index (χ4n) is 2.00. The maximum absolute atomic E-state index is 13.3. The first kappa shape index (κ1) is 20.4. The molecular formula is C15H16F4N2O4. The Kier molecular flexibility index (Phi) is 6.49. The molecule has 0 aliphatic carbocycles. The molecule has 0 heterocycles. The SMILES string of the molecule is CC(=O)NCCN(C(=O)c1ccc(F)c(C(F)(F)F)c1)C(C)C(=O)O. The Morgan fingerprint density at radius 1 is 1.28 bits per heavy atom. The molecule has 0 aliphatic heterocycles. The van der Waals surface area contributed by atoms with E-state index < -0.39 is 46.9 Å². The van der Waals surface area contributed by atoms with E-state index in [0.717, 1.165) is 11.0 Å². The number of nitrogens with zero attached hydrogens (tertiary/aromatic N) is 1. The van der Waals surface area contributed by atoms with Gasteiger partial charge in [0, 0.05) is 25.6 Å². The minimum Gasteiger partial charge on any atom is -0.480 e. The van der Waals surface area contributed by atoms with E-state index in [4.69, 9.17) is 5.11 Å². The second kappa shape index (κ2) is 7.95. The van der Waals surface area contributed by atoms with Crippen LogP contribution in [-0.2, 0) is 15.8 Å². The fraction of sp³-hybridized carbons (Fsp3) is 0.400. The zero-order valence-electron chi connectivity index (χ0n) is 13.4. The van der Waals surface area contributed by atoms with Crippen molar-refractivity contribution < 1.29 is 37.1 Å². The summed E-state index contributed by atoms with van der Waals surface area (Å²) in [6, 6.07) is 0.304. The molecule has 10 heteroatoms. The van der Waals surface area contributed by atoms with Crippen LogP contribution < -0.4 is 5.32 Å². The van der Waals surface area contributed by atoms with Crippen LogP contribution in [0.2, 0.25) is 0 Å². The van der Waals surface area contributed by atoms with Crippen LogP contribution in [0.5, 0.6) is 0 Å². The van der Waals surface area contributed by atoms with Crippen molar-refractivity contribution in [3.05, 3.63) is 35.1 Å². The number of hydrogen-bond donors (Lipinski definition) is 2. The highest BCUT2D eigenvalue weighted by Gasteiger charge is 2.35. The monoisotopic (exact) mass is 364 g/mol. The molecule has 6 nitrogen and oxygen atoms in total. The summed E-state index contributed by atoms with van der Waals surface area (Å²) in [6.07, 6.45) is -5.00. The molecule has 1 atom stereocenters. The van der Waals surface area contributed by atoms with Gasteiger partial charge in [0.15, 0.2) is 0 Å². The minimum absolute atomic E-state index is 0.0913. The van der Waals surface area contributed by atoms with Gasteiger partial charge in [-0.05, 0) is 25.1 Å². The molecule has 25 heavy (non-hydrogen) atoms. The summed E-state index contributed by atoms with van der Waals surface area (Å²) in [6.45, 7) is 2.04. The number of rotatable bonds is 6. The number of aliphatic carboxylic acids is 1. The number of hydrogen-bond acceptors (Lipinski definition) is 3. The zero-order chi connectivity index (χ0) is 19.4. The van der Waals surface area contributed by atoms with Crippen LogP contribution in [0.4, 0.5) is 17.6 Å². The number of nitrogens with one attached hydrogen (secondary N) is 1. The van der Waals surface area contributed by atoms with Crippen molar-refractivity contribution >= 4 is 17.8 Å². The quantitative estimate of drug-likeness (QED) is 0.755. The number of carbonyl (C=O) groups excluding carboxylic acids is 2. The zero-order valence-corrected chi connectivity index (χ0v) is 13.4. The Bertz CT molecular complexity index is 676. The van der Waals surface area contributed by atoms with E-state index in [1.165, 1.54) is 13.8 Å². The highest BCUT2D eigenvalue weighted by molar-refractivity contribution is 5.96. The molecule has 0 saturated carbocycles. The molecule has 0 aromatic heterocycles. The van der Waals surface area contributed by atoms with Crippen LogP contribution >= 0.6 is 0 Å². The minimum atomic E-state index is -5.00. The molecule has 138 valence electrons. The van der Waals surface area contributed by atoms with E-state index in [-0.39, 0.29) is 13.1 Å². The van der Waals surface area contributed by atoms with E-state index in [1.54, 1.807) is 0 Å². The molecule has 1 aromatic carbocycles. The van der Waals surface area contributed by atoms with Crippen molar-refractivity contribution in [3.8, 4) is 0 Å². The highest BCUT2D eigenvalue weighted by Crippen LogP contribution is 2.32. The van der Waals surface area contributed by atoms with Gasteiger partial charge in [-0.1, -0.05) is 0 Å². The van der Waals surface area contributed by atoms with Crippen molar-refractivity contribution in [2.75, 3.05) is 13.1 Å². The molecule has 0 spiro atoms. The maximum atomic E-state index is 13.3. The number of carboxylic acids is 1. The van der Waals surface area contributed by atoms with Crippen molar-refractivity contribution in [1.29, 1.82) is 0 Å². The fourth-order valence-corrected chi connectivity index (χ4v) is 2.00. The van der Waals surface area contributed by atoms with Gasteiger partial charge in [-0.15, -0.1) is 0 Å². The van der Waals surface area contributed by atoms with Gasteiger partial charge in [0.25, 0.3) is 5.91 Å². The summed E-state index contributed by atoms with van der Waals surface area (Å²) in [7, 11) is 0. The number of benzene rings is 1. The lowest BCUT2D eigenvalue weighted by Crippen LogP contribution is -2.46. The smallest absolute Gasteiger partial charge is 0.419 e. The molecule has 0 fully saturated rings. The Hall–Kier alpha value is -2.65. The molecule has 0 aliphatic rings. The molecule has 0 saturated heterocycles. The van der Waals surface area contributed by atoms with Gasteiger partial charge in [0.2, 0.25) is 5.91 Å². The van der Waals surface area contributed by atoms with Gasteiger partial charge < -0.3 is 15.3 Å². The van der Waals surface area contributed by atoms with Crippen LogP contribution in [0.3, 0.4) is 0 Å². The number of carbonyl (C=O) groups is 3. The average Bonchev–Trinajstić information content (AvgIpc) is 2.49. The Balaban J connectivity index is 3.16. The second-order valence-electron chi connectivity index (χ2n) is 5.19. The van der Waals surface area contributed by atoms with E-state index in [2.05, 4.69) is 5.32 Å². The summed E-state index contributed by atoms with van der Waals surface area (Å²) < 4.78 is 51.6. The van der Waals surface area contributed by atoms with Gasteiger partial charge in [-0.25, -0.2) is 9.18 Å². The topological polar surface area (TPSA) is 86.7 Å². The first-order valence-corrected chi connectivity index (χ1v) is 7.10. The lowest BCUT2D eigenvalue weighted by atomic mass is 10.1. The molecule has 2 amide bonds. The van der Waals surface area contributed by atoms with Crippen LogP contribution in [0.15, 0.2) is 18.2 Å². The van der Waals surface area contributed by atoms with Crippen LogP contribution in [0.1, 0.15) is 29.8 Å². The maximum Gasteiger partial charge on any atom is 0.419 e. The summed E-state index contributed by atoms with van der Waals surface area (Å²) in [4.78, 5) is 35.2. The summed E-state index contributed by atoms with van der Waals surface area (Å²) in [5.41, 5.74) is -2.13. The van der Waals surface area contributed by atoms with Crippen molar-refractivity contribution in [3.63, 3.8) is 0 Å². The van der Waals surface area contributed by atoms with Gasteiger partial charge in [-0.2, -0.15) is 13.2 Å². The van der Waals surface area contributed by atoms with Crippen LogP contribution in [0.25, 0.3) is 0 Å². The molecule has 0 radical (unpaired) electrons. The van der Waals surface area contributed by atoms with Crippen molar-refractivity contribution in [2.24, 2.45) is 0 Å². The first-order chi connectivity index (χ1) is 11.4.